The SMILES string of the molecule is O=C(c1ccc(Cl)cc1)c1cncc2ccccc12. The van der Waals surface area contributed by atoms with Crippen molar-refractivity contribution in [3.05, 3.63) is 77.1 Å². The molecule has 0 aliphatic heterocycles. The molecule has 3 heteroatoms. The summed E-state index contributed by atoms with van der Waals surface area (Å²) in [6, 6.07) is 14.6. The van der Waals surface area contributed by atoms with Crippen molar-refractivity contribution in [2.75, 3.05) is 0 Å². The highest BCUT2D eigenvalue weighted by atomic mass is 35.5. The van der Waals surface area contributed by atoms with E-state index in [1.165, 1.54) is 0 Å². The first-order chi connectivity index (χ1) is 9.25. The lowest BCUT2D eigenvalue weighted by Crippen LogP contribution is -2.02. The second-order valence-corrected chi connectivity index (χ2v) is 4.68. The third-order valence-corrected chi connectivity index (χ3v) is 3.27. The topological polar surface area (TPSA) is 30.0 Å². The predicted molar refractivity (Wildman–Crippen MR) is 76.6 cm³/mol. The van der Waals surface area contributed by atoms with E-state index in [0.29, 0.717) is 16.1 Å². The summed E-state index contributed by atoms with van der Waals surface area (Å²) in [5.74, 6) is -0.0408. The lowest BCUT2D eigenvalue weighted by atomic mass is 10.00. The number of carbonyl (C=O) groups is 1. The second kappa shape index (κ2) is 4.82. The average molecular weight is 268 g/mol. The van der Waals surface area contributed by atoms with Crippen LogP contribution in [0.1, 0.15) is 15.9 Å². The van der Waals surface area contributed by atoms with Crippen molar-refractivity contribution in [2.24, 2.45) is 0 Å². The van der Waals surface area contributed by atoms with Crippen molar-refractivity contribution in [2.45, 2.75) is 0 Å². The minimum absolute atomic E-state index is 0.0408. The molecule has 0 spiro atoms. The molecule has 19 heavy (non-hydrogen) atoms. The van der Waals surface area contributed by atoms with Crippen LogP contribution in [0.2, 0.25) is 5.02 Å². The fourth-order valence-electron chi connectivity index (χ4n) is 2.05. The number of carbonyl (C=O) groups excluding carboxylic acids is 1. The van der Waals surface area contributed by atoms with Gasteiger partial charge in [0.1, 0.15) is 0 Å². The van der Waals surface area contributed by atoms with E-state index in [9.17, 15) is 4.79 Å². The van der Waals surface area contributed by atoms with E-state index in [2.05, 4.69) is 4.98 Å². The van der Waals surface area contributed by atoms with E-state index >= 15 is 0 Å². The van der Waals surface area contributed by atoms with Crippen molar-refractivity contribution in [1.29, 1.82) is 0 Å². The zero-order valence-electron chi connectivity index (χ0n) is 10.0. The summed E-state index contributed by atoms with van der Waals surface area (Å²) in [5, 5.41) is 2.49. The Hall–Kier alpha value is -2.19. The molecule has 1 heterocycles. The maximum absolute atomic E-state index is 12.5. The lowest BCUT2D eigenvalue weighted by molar-refractivity contribution is 0.104. The molecule has 0 atom stereocenters. The van der Waals surface area contributed by atoms with Gasteiger partial charge in [-0.25, -0.2) is 0 Å². The summed E-state index contributed by atoms with van der Waals surface area (Å²) < 4.78 is 0. The van der Waals surface area contributed by atoms with E-state index in [-0.39, 0.29) is 5.78 Å². The van der Waals surface area contributed by atoms with E-state index in [0.717, 1.165) is 10.8 Å². The number of ketones is 1. The molecule has 92 valence electrons. The number of nitrogens with zero attached hydrogens (tertiary/aromatic N) is 1. The fourth-order valence-corrected chi connectivity index (χ4v) is 2.18. The molecule has 1 aromatic heterocycles. The third-order valence-electron chi connectivity index (χ3n) is 3.02. The van der Waals surface area contributed by atoms with Crippen LogP contribution in [-0.4, -0.2) is 10.8 Å². The van der Waals surface area contributed by atoms with E-state index in [1.807, 2.05) is 24.3 Å². The maximum atomic E-state index is 12.5. The molecule has 0 bridgehead atoms. The Morgan fingerprint density at radius 1 is 0.947 bits per heavy atom. The van der Waals surface area contributed by atoms with Crippen molar-refractivity contribution in [3.8, 4) is 0 Å². The highest BCUT2D eigenvalue weighted by molar-refractivity contribution is 6.30. The average Bonchev–Trinajstić information content (AvgIpc) is 2.47. The van der Waals surface area contributed by atoms with Crippen molar-refractivity contribution < 1.29 is 4.79 Å². The number of aromatic nitrogens is 1. The standard InChI is InChI=1S/C16H10ClNO/c17-13-7-5-11(6-8-13)16(19)15-10-18-9-12-3-1-2-4-14(12)15/h1-10H. The Kier molecular flexibility index (Phi) is 3.02. The van der Waals surface area contributed by atoms with Crippen LogP contribution >= 0.6 is 11.6 Å². The van der Waals surface area contributed by atoms with Crippen LogP contribution in [0.25, 0.3) is 10.8 Å². The first-order valence-corrected chi connectivity index (χ1v) is 6.26. The summed E-state index contributed by atoms with van der Waals surface area (Å²) in [4.78, 5) is 16.6. The van der Waals surface area contributed by atoms with Crippen molar-refractivity contribution >= 4 is 28.2 Å². The number of hydrogen-bond donors (Lipinski definition) is 0. The Morgan fingerprint density at radius 3 is 2.47 bits per heavy atom. The van der Waals surface area contributed by atoms with Gasteiger partial charge in [-0.15, -0.1) is 0 Å². The van der Waals surface area contributed by atoms with Gasteiger partial charge in [0, 0.05) is 33.9 Å². The highest BCUT2D eigenvalue weighted by Gasteiger charge is 2.12. The van der Waals surface area contributed by atoms with Gasteiger partial charge in [0.25, 0.3) is 0 Å². The third kappa shape index (κ3) is 2.23. The van der Waals surface area contributed by atoms with Crippen LogP contribution in [0.5, 0.6) is 0 Å². The summed E-state index contributed by atoms with van der Waals surface area (Å²) in [6.07, 6.45) is 3.37. The van der Waals surface area contributed by atoms with E-state index in [1.54, 1.807) is 36.7 Å². The van der Waals surface area contributed by atoms with Crippen LogP contribution in [0.4, 0.5) is 0 Å². The largest absolute Gasteiger partial charge is 0.289 e. The van der Waals surface area contributed by atoms with Gasteiger partial charge in [0.05, 0.1) is 0 Å². The normalized spacial score (nSPS) is 10.6. The summed E-state index contributed by atoms with van der Waals surface area (Å²) in [5.41, 5.74) is 1.22. The zero-order valence-corrected chi connectivity index (χ0v) is 10.8. The summed E-state index contributed by atoms with van der Waals surface area (Å²) >= 11 is 5.83. The van der Waals surface area contributed by atoms with Crippen LogP contribution < -0.4 is 0 Å². The van der Waals surface area contributed by atoms with E-state index < -0.39 is 0 Å². The molecule has 0 amide bonds. The predicted octanol–water partition coefficient (Wildman–Crippen LogP) is 4.12. The molecule has 3 rings (SSSR count). The molecule has 0 saturated carbocycles. The van der Waals surface area contributed by atoms with Crippen LogP contribution in [0, 0.1) is 0 Å². The summed E-state index contributed by atoms with van der Waals surface area (Å²) in [7, 11) is 0. The smallest absolute Gasteiger partial charge is 0.195 e. The molecule has 0 aliphatic carbocycles. The van der Waals surface area contributed by atoms with Gasteiger partial charge >= 0.3 is 0 Å². The second-order valence-electron chi connectivity index (χ2n) is 4.24. The minimum atomic E-state index is -0.0408. The molecule has 0 N–H and O–H groups in total. The molecule has 2 nitrogen and oxygen atoms in total. The molecule has 0 radical (unpaired) electrons. The van der Waals surface area contributed by atoms with Crippen molar-refractivity contribution in [1.82, 2.24) is 4.98 Å². The molecule has 2 aromatic carbocycles. The molecular formula is C16H10ClNO. The van der Waals surface area contributed by atoms with Crippen LogP contribution in [-0.2, 0) is 0 Å². The minimum Gasteiger partial charge on any atom is -0.289 e. The quantitative estimate of drug-likeness (QED) is 0.654. The number of hydrogen-bond acceptors (Lipinski definition) is 2. The number of pyridine rings is 1. The molecule has 3 aromatic rings. The van der Waals surface area contributed by atoms with Crippen molar-refractivity contribution in [3.63, 3.8) is 0 Å². The molecule has 0 unspecified atom stereocenters. The number of benzene rings is 2. The molecule has 0 fully saturated rings. The van der Waals surface area contributed by atoms with Crippen LogP contribution in [0.3, 0.4) is 0 Å². The molecule has 0 saturated heterocycles. The maximum Gasteiger partial charge on any atom is 0.195 e. The Bertz CT molecular complexity index is 745. The Balaban J connectivity index is 2.14. The van der Waals surface area contributed by atoms with Crippen LogP contribution in [0.15, 0.2) is 60.9 Å². The number of fused-ring (bicyclic) bond motifs is 1. The van der Waals surface area contributed by atoms with Gasteiger partial charge in [0.15, 0.2) is 5.78 Å². The first-order valence-electron chi connectivity index (χ1n) is 5.89. The van der Waals surface area contributed by atoms with Gasteiger partial charge in [-0.05, 0) is 29.7 Å². The van der Waals surface area contributed by atoms with Gasteiger partial charge in [0.2, 0.25) is 0 Å². The fraction of sp³-hybridized carbons (Fsp3) is 0. The van der Waals surface area contributed by atoms with Gasteiger partial charge in [-0.3, -0.25) is 9.78 Å². The Morgan fingerprint density at radius 2 is 1.68 bits per heavy atom. The summed E-state index contributed by atoms with van der Waals surface area (Å²) in [6.45, 7) is 0. The number of halogens is 1. The lowest BCUT2D eigenvalue weighted by Gasteiger charge is -2.05. The molecule has 0 aliphatic rings. The monoisotopic (exact) mass is 267 g/mol. The van der Waals surface area contributed by atoms with Gasteiger partial charge < -0.3 is 0 Å². The highest BCUT2D eigenvalue weighted by Crippen LogP contribution is 2.21. The number of rotatable bonds is 2. The van der Waals surface area contributed by atoms with E-state index in [4.69, 9.17) is 11.6 Å². The first kappa shape index (κ1) is 11.9. The molecular weight excluding hydrogens is 258 g/mol. The van der Waals surface area contributed by atoms with Gasteiger partial charge in [-0.2, -0.15) is 0 Å². The Labute approximate surface area is 115 Å². The van der Waals surface area contributed by atoms with Gasteiger partial charge in [-0.1, -0.05) is 35.9 Å². The zero-order chi connectivity index (χ0) is 13.2.